The molecule has 61 heavy (non-hydrogen) atoms. The van der Waals surface area contributed by atoms with Gasteiger partial charge in [-0.05, 0) is 41.3 Å². The van der Waals surface area contributed by atoms with Crippen LogP contribution in [0.3, 0.4) is 0 Å². The molecule has 320 valence electrons. The van der Waals surface area contributed by atoms with Crippen LogP contribution in [0.15, 0.2) is 164 Å². The van der Waals surface area contributed by atoms with E-state index in [9.17, 15) is 9.90 Å². The Morgan fingerprint density at radius 1 is 0.574 bits per heavy atom. The zero-order chi connectivity index (χ0) is 42.2. The van der Waals surface area contributed by atoms with E-state index in [1.807, 2.05) is 121 Å². The lowest BCUT2D eigenvalue weighted by Crippen LogP contribution is -2.65. The van der Waals surface area contributed by atoms with Crippen LogP contribution in [0.25, 0.3) is 0 Å². The summed E-state index contributed by atoms with van der Waals surface area (Å²) in [5.41, 5.74) is 4.13. The summed E-state index contributed by atoms with van der Waals surface area (Å²) in [4.78, 5) is 13.4. The summed E-state index contributed by atoms with van der Waals surface area (Å²) in [7, 11) is 0. The zero-order valence-electron chi connectivity index (χ0n) is 34.3. The first-order chi connectivity index (χ1) is 30.0. The number of aliphatic hydroxyl groups is 1. The molecule has 10 atom stereocenters. The van der Waals surface area contributed by atoms with E-state index < -0.39 is 67.4 Å². The Hall–Kier alpha value is -5.05. The molecule has 11 nitrogen and oxygen atoms in total. The standard InChI is InChI=1S/C50H54O11/c1-3-29-54-49-45(60-48(52)40-27-17-8-18-28-40)42(51)43(35(2)58-49)61-50-47(57-33-39-25-15-7-16-26-39)46(56-32-38-23-13-6-14-24-38)44(55-31-37-21-11-5-12-22-37)41(59-50)34-53-30-36-19-9-4-10-20-36/h3-28,35,41-47,49-51H,1,29-34H2,2H3/t35-,41+,42+,43-,44+,45+,46-,47+,49+,50+/m0/s1. The van der Waals surface area contributed by atoms with Gasteiger partial charge in [-0.1, -0.05) is 146 Å². The second kappa shape index (κ2) is 22.7. The summed E-state index contributed by atoms with van der Waals surface area (Å²) >= 11 is 0. The van der Waals surface area contributed by atoms with E-state index in [0.717, 1.165) is 22.3 Å². The monoisotopic (exact) mass is 830 g/mol. The van der Waals surface area contributed by atoms with Crippen LogP contribution in [0.1, 0.15) is 39.5 Å². The van der Waals surface area contributed by atoms with E-state index in [1.165, 1.54) is 0 Å². The van der Waals surface area contributed by atoms with Crippen molar-refractivity contribution < 1.29 is 52.5 Å². The molecule has 0 aromatic heterocycles. The van der Waals surface area contributed by atoms with Crippen molar-refractivity contribution in [3.63, 3.8) is 0 Å². The lowest BCUT2D eigenvalue weighted by molar-refractivity contribution is -0.366. The van der Waals surface area contributed by atoms with Crippen molar-refractivity contribution >= 4 is 5.97 Å². The van der Waals surface area contributed by atoms with Crippen LogP contribution in [0.2, 0.25) is 0 Å². The maximum atomic E-state index is 13.4. The van der Waals surface area contributed by atoms with Crippen LogP contribution < -0.4 is 0 Å². The van der Waals surface area contributed by atoms with Crippen LogP contribution in [0.4, 0.5) is 0 Å². The smallest absolute Gasteiger partial charge is 0.338 e. The minimum atomic E-state index is -1.42. The van der Waals surface area contributed by atoms with Crippen molar-refractivity contribution in [3.05, 3.63) is 192 Å². The third-order valence-corrected chi connectivity index (χ3v) is 10.5. The highest BCUT2D eigenvalue weighted by atomic mass is 16.8. The molecule has 7 rings (SSSR count). The number of carbonyl (C=O) groups excluding carboxylic acids is 1. The maximum Gasteiger partial charge on any atom is 0.338 e. The van der Waals surface area contributed by atoms with Gasteiger partial charge in [-0.3, -0.25) is 0 Å². The van der Waals surface area contributed by atoms with Crippen molar-refractivity contribution in [1.29, 1.82) is 0 Å². The molecule has 2 saturated heterocycles. The number of aliphatic hydroxyl groups excluding tert-OH is 1. The van der Waals surface area contributed by atoms with Crippen molar-refractivity contribution in [2.24, 2.45) is 0 Å². The summed E-state index contributed by atoms with van der Waals surface area (Å²) in [5, 5.41) is 12.1. The summed E-state index contributed by atoms with van der Waals surface area (Å²) in [6.07, 6.45) is -8.41. The molecule has 2 heterocycles. The lowest BCUT2D eigenvalue weighted by atomic mass is 9.96. The van der Waals surface area contributed by atoms with Gasteiger partial charge in [0.05, 0.1) is 51.3 Å². The molecule has 0 aliphatic carbocycles. The first kappa shape index (κ1) is 44.0. The molecule has 11 heteroatoms. The van der Waals surface area contributed by atoms with Crippen LogP contribution in [-0.2, 0) is 69.1 Å². The summed E-state index contributed by atoms with van der Waals surface area (Å²) in [6.45, 7) is 6.71. The Bertz CT molecular complexity index is 2020. The minimum Gasteiger partial charge on any atom is -0.450 e. The molecule has 0 spiro atoms. The fourth-order valence-corrected chi connectivity index (χ4v) is 7.38. The van der Waals surface area contributed by atoms with Gasteiger partial charge in [-0.25, -0.2) is 4.79 Å². The normalized spacial score (nSPS) is 26.3. The molecule has 2 aliphatic rings. The molecule has 0 amide bonds. The van der Waals surface area contributed by atoms with Gasteiger partial charge in [0.1, 0.15) is 36.6 Å². The second-order valence-corrected chi connectivity index (χ2v) is 15.0. The first-order valence-corrected chi connectivity index (χ1v) is 20.7. The van der Waals surface area contributed by atoms with Gasteiger partial charge >= 0.3 is 5.97 Å². The van der Waals surface area contributed by atoms with Gasteiger partial charge in [-0.2, -0.15) is 0 Å². The Kier molecular flexibility index (Phi) is 16.4. The average Bonchev–Trinajstić information content (AvgIpc) is 3.30. The van der Waals surface area contributed by atoms with Gasteiger partial charge < -0.3 is 47.7 Å². The van der Waals surface area contributed by atoms with Gasteiger partial charge in [0.2, 0.25) is 0 Å². The molecule has 0 unspecified atom stereocenters. The topological polar surface area (TPSA) is 120 Å². The number of hydrogen-bond donors (Lipinski definition) is 1. The van der Waals surface area contributed by atoms with Crippen LogP contribution >= 0.6 is 0 Å². The Labute approximate surface area is 357 Å². The summed E-state index contributed by atoms with van der Waals surface area (Å²) in [5.74, 6) is -0.657. The number of ether oxygens (including phenoxy) is 9. The third kappa shape index (κ3) is 12.3. The molecule has 5 aromatic carbocycles. The summed E-state index contributed by atoms with van der Waals surface area (Å²) < 4.78 is 58.6. The number of rotatable bonds is 20. The number of hydrogen-bond acceptors (Lipinski definition) is 11. The molecule has 5 aromatic rings. The molecule has 2 aliphatic heterocycles. The van der Waals surface area contributed by atoms with Crippen LogP contribution in [0.5, 0.6) is 0 Å². The molecule has 0 bridgehead atoms. The highest BCUT2D eigenvalue weighted by Gasteiger charge is 2.53. The van der Waals surface area contributed by atoms with Gasteiger partial charge in [0.25, 0.3) is 0 Å². The average molecular weight is 831 g/mol. The van der Waals surface area contributed by atoms with E-state index >= 15 is 0 Å². The predicted octanol–water partition coefficient (Wildman–Crippen LogP) is 7.60. The van der Waals surface area contributed by atoms with Crippen molar-refractivity contribution in [3.8, 4) is 0 Å². The Morgan fingerprint density at radius 3 is 1.57 bits per heavy atom. The van der Waals surface area contributed by atoms with E-state index in [-0.39, 0.29) is 33.0 Å². The minimum absolute atomic E-state index is 0.0889. The molecule has 1 N–H and O–H groups in total. The predicted molar refractivity (Wildman–Crippen MR) is 227 cm³/mol. The number of esters is 1. The van der Waals surface area contributed by atoms with E-state index in [4.69, 9.17) is 42.6 Å². The van der Waals surface area contributed by atoms with Gasteiger partial charge in [-0.15, -0.1) is 6.58 Å². The SMILES string of the molecule is C=CCO[C@@H]1O[C@@H](C)[C@H](O[C@H]2O[C@H](COCc3ccccc3)[C@@H](OCc3ccccc3)[C@H](OCc3ccccc3)[C@H]2OCc2ccccc2)[C@@H](O)[C@H]1OC(=O)c1ccccc1. The number of benzene rings is 5. The molecule has 0 saturated carbocycles. The Balaban J connectivity index is 1.22. The highest BCUT2D eigenvalue weighted by molar-refractivity contribution is 5.89. The molecule has 2 fully saturated rings. The zero-order valence-corrected chi connectivity index (χ0v) is 34.3. The molecular weight excluding hydrogens is 777 g/mol. The van der Waals surface area contributed by atoms with Crippen molar-refractivity contribution in [1.82, 2.24) is 0 Å². The largest absolute Gasteiger partial charge is 0.450 e. The fraction of sp³-hybridized carbons (Fsp3) is 0.340. The van der Waals surface area contributed by atoms with E-state index in [1.54, 1.807) is 43.3 Å². The van der Waals surface area contributed by atoms with Crippen LogP contribution in [0, 0.1) is 0 Å². The third-order valence-electron chi connectivity index (χ3n) is 10.5. The second-order valence-electron chi connectivity index (χ2n) is 15.0. The van der Waals surface area contributed by atoms with E-state index in [0.29, 0.717) is 12.2 Å². The maximum absolute atomic E-state index is 13.4. The van der Waals surface area contributed by atoms with Crippen LogP contribution in [-0.4, -0.2) is 85.7 Å². The summed E-state index contributed by atoms with van der Waals surface area (Å²) in [6, 6.07) is 47.9. The molecule has 0 radical (unpaired) electrons. The van der Waals surface area contributed by atoms with Gasteiger partial charge in [0, 0.05) is 0 Å². The number of carbonyl (C=O) groups is 1. The van der Waals surface area contributed by atoms with Crippen molar-refractivity contribution in [2.75, 3.05) is 13.2 Å². The Morgan fingerprint density at radius 2 is 1.05 bits per heavy atom. The molecular formula is C50H54O11. The van der Waals surface area contributed by atoms with Crippen molar-refractivity contribution in [2.45, 2.75) is 94.8 Å². The lowest BCUT2D eigenvalue weighted by Gasteiger charge is -2.49. The quantitative estimate of drug-likeness (QED) is 0.0617. The first-order valence-electron chi connectivity index (χ1n) is 20.7. The van der Waals surface area contributed by atoms with Gasteiger partial charge in [0.15, 0.2) is 18.7 Å². The fourth-order valence-electron chi connectivity index (χ4n) is 7.38. The highest BCUT2D eigenvalue weighted by Crippen LogP contribution is 2.35. The van der Waals surface area contributed by atoms with E-state index in [2.05, 4.69) is 6.58 Å².